The van der Waals surface area contributed by atoms with Crippen LogP contribution in [-0.4, -0.2) is 56.9 Å². The summed E-state index contributed by atoms with van der Waals surface area (Å²) in [7, 11) is 0.0481. The lowest BCUT2D eigenvalue weighted by molar-refractivity contribution is -0.124. The normalized spacial score (nSPS) is 11.8. The van der Waals surface area contributed by atoms with Crippen molar-refractivity contribution >= 4 is 28.5 Å². The average molecular weight is 478 g/mol. The maximum absolute atomic E-state index is 12.9. The van der Waals surface area contributed by atoms with E-state index in [1.807, 2.05) is 25.1 Å². The molecule has 0 spiro atoms. The van der Waals surface area contributed by atoms with Crippen molar-refractivity contribution < 1.29 is 13.8 Å². The highest BCUT2D eigenvalue weighted by atomic mass is 32.2. The van der Waals surface area contributed by atoms with Gasteiger partial charge in [-0.2, -0.15) is 0 Å². The maximum atomic E-state index is 12.9. The number of hydroxylamine groups is 2. The van der Waals surface area contributed by atoms with Crippen LogP contribution in [0.25, 0.3) is 0 Å². The van der Waals surface area contributed by atoms with Gasteiger partial charge in [0, 0.05) is 25.8 Å². The second-order valence-electron chi connectivity index (χ2n) is 7.22. The number of nitrogens with zero attached hydrogens (tertiary/aromatic N) is 3. The third kappa shape index (κ3) is 7.41. The van der Waals surface area contributed by atoms with Gasteiger partial charge in [0.15, 0.2) is 0 Å². The fourth-order valence-electron chi connectivity index (χ4n) is 2.92. The number of anilines is 1. The summed E-state index contributed by atoms with van der Waals surface area (Å²) in [6, 6.07) is 10.6. The van der Waals surface area contributed by atoms with Crippen molar-refractivity contribution in [3.8, 4) is 0 Å². The third-order valence-corrected chi connectivity index (χ3v) is 5.89. The second kappa shape index (κ2) is 12.1. The van der Waals surface area contributed by atoms with Crippen molar-refractivity contribution in [2.75, 3.05) is 32.2 Å². The standard InChI is InChI=1S/C21H31N7O4S/c1-5-28(21(22)23)32-12-11-24-19(29)14-27-16(3)9-10-18(20(27)30)25-26(4)33(31)17-8-6-7-15(2)13-17/h6-10,13,25H,5,11-12,14H2,1-4H3,(H3,22,23)(H,24,29). The summed E-state index contributed by atoms with van der Waals surface area (Å²) in [5.74, 6) is -0.591. The Morgan fingerprint density at radius 2 is 2.00 bits per heavy atom. The van der Waals surface area contributed by atoms with Crippen LogP contribution in [-0.2, 0) is 27.2 Å². The summed E-state index contributed by atoms with van der Waals surface area (Å²) < 4.78 is 15.4. The van der Waals surface area contributed by atoms with Gasteiger partial charge in [-0.1, -0.05) is 12.1 Å². The Morgan fingerprint density at radius 3 is 2.64 bits per heavy atom. The van der Waals surface area contributed by atoms with Crippen LogP contribution in [0.5, 0.6) is 0 Å². The average Bonchev–Trinajstić information content (AvgIpc) is 2.77. The van der Waals surface area contributed by atoms with E-state index in [0.717, 1.165) is 5.56 Å². The second-order valence-corrected chi connectivity index (χ2v) is 8.74. The Morgan fingerprint density at radius 1 is 1.27 bits per heavy atom. The number of hydrazine groups is 1. The minimum atomic E-state index is -1.53. The molecule has 1 heterocycles. The number of carbonyl (C=O) groups is 1. The molecule has 0 radical (unpaired) electrons. The van der Waals surface area contributed by atoms with Crippen molar-refractivity contribution in [2.45, 2.75) is 32.2 Å². The molecule has 5 N–H and O–H groups in total. The third-order valence-electron chi connectivity index (χ3n) is 4.64. The number of hydrogen-bond donors (Lipinski definition) is 4. The lowest BCUT2D eigenvalue weighted by Gasteiger charge is -2.20. The molecule has 0 aliphatic carbocycles. The number of carbonyl (C=O) groups excluding carboxylic acids is 1. The molecule has 1 aromatic carbocycles. The van der Waals surface area contributed by atoms with Gasteiger partial charge in [-0.05, 0) is 50.6 Å². The number of aromatic nitrogens is 1. The molecule has 0 fully saturated rings. The SMILES string of the molecule is CCN(OCCNC(=O)Cn1c(C)ccc(NN(C)S(=O)c2cccc(C)c2)c1=O)C(=N)N. The summed E-state index contributed by atoms with van der Waals surface area (Å²) >= 11 is 0. The van der Waals surface area contributed by atoms with Gasteiger partial charge in [0.2, 0.25) is 11.9 Å². The molecule has 1 unspecified atom stereocenters. The van der Waals surface area contributed by atoms with Crippen molar-refractivity contribution in [1.29, 1.82) is 5.41 Å². The number of nitrogens with two attached hydrogens (primary N) is 1. The molecule has 33 heavy (non-hydrogen) atoms. The van der Waals surface area contributed by atoms with Crippen LogP contribution in [0.1, 0.15) is 18.2 Å². The van der Waals surface area contributed by atoms with Gasteiger partial charge in [0.1, 0.15) is 23.2 Å². The molecule has 2 rings (SSSR count). The lowest BCUT2D eigenvalue weighted by Crippen LogP contribution is -2.40. The maximum Gasteiger partial charge on any atom is 0.275 e. The quantitative estimate of drug-likeness (QED) is 0.161. The van der Waals surface area contributed by atoms with E-state index in [1.54, 1.807) is 39.1 Å². The highest BCUT2D eigenvalue weighted by Gasteiger charge is 2.15. The van der Waals surface area contributed by atoms with Crippen LogP contribution in [0.2, 0.25) is 0 Å². The zero-order valence-corrected chi connectivity index (χ0v) is 20.1. The first-order valence-electron chi connectivity index (χ1n) is 10.3. The van der Waals surface area contributed by atoms with Crippen LogP contribution < -0.4 is 22.0 Å². The van der Waals surface area contributed by atoms with Crippen molar-refractivity contribution in [3.63, 3.8) is 0 Å². The van der Waals surface area contributed by atoms with E-state index in [1.165, 1.54) is 14.0 Å². The monoisotopic (exact) mass is 477 g/mol. The number of rotatable bonds is 11. The number of benzene rings is 1. The molecule has 0 bridgehead atoms. The van der Waals surface area contributed by atoms with Gasteiger partial charge in [-0.15, -0.1) is 4.41 Å². The zero-order valence-electron chi connectivity index (χ0n) is 19.3. The van der Waals surface area contributed by atoms with Crippen LogP contribution in [0.15, 0.2) is 46.1 Å². The Labute approximate surface area is 195 Å². The summed E-state index contributed by atoms with van der Waals surface area (Å²) in [6.07, 6.45) is 0. The van der Waals surface area contributed by atoms with Crippen LogP contribution in [0, 0.1) is 19.3 Å². The summed E-state index contributed by atoms with van der Waals surface area (Å²) in [5.41, 5.74) is 9.59. The summed E-state index contributed by atoms with van der Waals surface area (Å²) in [4.78, 5) is 31.2. The molecule has 0 saturated heterocycles. The van der Waals surface area contributed by atoms with E-state index < -0.39 is 16.5 Å². The number of pyridine rings is 1. The first-order chi connectivity index (χ1) is 15.6. The van der Waals surface area contributed by atoms with E-state index >= 15 is 0 Å². The number of hydrogen-bond acceptors (Lipinski definition) is 6. The fraction of sp³-hybridized carbons (Fsp3) is 0.381. The van der Waals surface area contributed by atoms with Crippen molar-refractivity contribution in [1.82, 2.24) is 19.4 Å². The molecule has 0 saturated carbocycles. The fourth-order valence-corrected chi connectivity index (χ4v) is 3.90. The molecular formula is C21H31N7O4S. The molecule has 12 heteroatoms. The zero-order chi connectivity index (χ0) is 24.5. The molecular weight excluding hydrogens is 446 g/mol. The molecule has 11 nitrogen and oxygen atoms in total. The predicted octanol–water partition coefficient (Wildman–Crippen LogP) is 0.710. The number of nitrogens with one attached hydrogen (secondary N) is 3. The number of aryl methyl sites for hydroxylation is 2. The van der Waals surface area contributed by atoms with Crippen LogP contribution >= 0.6 is 0 Å². The lowest BCUT2D eigenvalue weighted by atomic mass is 10.2. The van der Waals surface area contributed by atoms with E-state index in [-0.39, 0.29) is 37.3 Å². The molecule has 0 aliphatic heterocycles. The first kappa shape index (κ1) is 26.0. The van der Waals surface area contributed by atoms with Gasteiger partial charge in [0.05, 0.1) is 11.5 Å². The van der Waals surface area contributed by atoms with Gasteiger partial charge >= 0.3 is 0 Å². The van der Waals surface area contributed by atoms with Gasteiger partial charge in [0.25, 0.3) is 5.56 Å². The smallest absolute Gasteiger partial charge is 0.275 e. The number of amides is 1. The van der Waals surface area contributed by atoms with Gasteiger partial charge in [-0.25, -0.2) is 9.27 Å². The minimum absolute atomic E-state index is 0.129. The van der Waals surface area contributed by atoms with Crippen molar-refractivity contribution in [3.05, 3.63) is 58.0 Å². The number of guanidine groups is 1. The highest BCUT2D eigenvalue weighted by molar-refractivity contribution is 7.82. The minimum Gasteiger partial charge on any atom is -0.368 e. The Hall–Kier alpha value is -3.22. The van der Waals surface area contributed by atoms with E-state index in [0.29, 0.717) is 17.1 Å². The summed E-state index contributed by atoms with van der Waals surface area (Å²) in [5, 5.41) is 11.2. The molecule has 1 atom stereocenters. The van der Waals surface area contributed by atoms with E-state index in [2.05, 4.69) is 10.7 Å². The molecule has 1 aromatic heterocycles. The topological polar surface area (TPSA) is 146 Å². The highest BCUT2D eigenvalue weighted by Crippen LogP contribution is 2.13. The van der Waals surface area contributed by atoms with Crippen LogP contribution in [0.4, 0.5) is 5.69 Å². The van der Waals surface area contributed by atoms with E-state index in [9.17, 15) is 13.8 Å². The van der Waals surface area contributed by atoms with Crippen molar-refractivity contribution in [2.24, 2.45) is 5.73 Å². The Bertz CT molecular complexity index is 1070. The largest absolute Gasteiger partial charge is 0.368 e. The van der Waals surface area contributed by atoms with Gasteiger partial charge in [-0.3, -0.25) is 19.8 Å². The summed E-state index contributed by atoms with van der Waals surface area (Å²) in [6.45, 7) is 5.95. The molecule has 180 valence electrons. The first-order valence-corrected chi connectivity index (χ1v) is 11.4. The molecule has 2 aromatic rings. The Balaban J connectivity index is 2.01. The molecule has 1 amide bonds. The van der Waals surface area contributed by atoms with Crippen LogP contribution in [0.3, 0.4) is 0 Å². The van der Waals surface area contributed by atoms with Gasteiger partial charge < -0.3 is 21.0 Å². The molecule has 0 aliphatic rings. The Kier molecular flexibility index (Phi) is 9.57. The van der Waals surface area contributed by atoms with E-state index in [4.69, 9.17) is 16.0 Å². The predicted molar refractivity (Wildman–Crippen MR) is 128 cm³/mol.